The average molecular weight is 225 g/mol. The van der Waals surface area contributed by atoms with Gasteiger partial charge in [-0.15, -0.1) is 0 Å². The van der Waals surface area contributed by atoms with Gasteiger partial charge in [-0.1, -0.05) is 68.7 Å². The first-order valence-electron chi connectivity index (χ1n) is 4.96. The van der Waals surface area contributed by atoms with Crippen LogP contribution in [-0.2, 0) is 4.79 Å². The number of carbonyl (C=O) groups excluding carboxylic acids is 1. The summed E-state index contributed by atoms with van der Waals surface area (Å²) in [7, 11) is 0. The predicted octanol–water partition coefficient (Wildman–Crippen LogP) is 4.11. The summed E-state index contributed by atoms with van der Waals surface area (Å²) in [4.78, 5) is 10.3. The van der Waals surface area contributed by atoms with Crippen LogP contribution in [0.4, 0.5) is 0 Å². The summed E-state index contributed by atoms with van der Waals surface area (Å²) in [6.45, 7) is 2.19. The third-order valence-electron chi connectivity index (χ3n) is 2.04. The van der Waals surface area contributed by atoms with E-state index in [9.17, 15) is 4.79 Å². The van der Waals surface area contributed by atoms with Crippen molar-refractivity contribution in [2.75, 3.05) is 0 Å². The summed E-state index contributed by atoms with van der Waals surface area (Å²) in [6.07, 6.45) is 8.29. The Morgan fingerprint density at radius 2 is 1.62 bits per heavy atom. The van der Waals surface area contributed by atoms with Gasteiger partial charge < -0.3 is 4.79 Å². The summed E-state index contributed by atoms with van der Waals surface area (Å²) in [6, 6.07) is 0. The van der Waals surface area contributed by atoms with Crippen molar-refractivity contribution in [2.24, 2.45) is 0 Å². The van der Waals surface area contributed by atoms with E-state index < -0.39 is 4.33 Å². The molecule has 0 aromatic rings. The number of halogens is 2. The molecule has 13 heavy (non-hydrogen) atoms. The maximum atomic E-state index is 10.3. The molecule has 0 amide bonds. The molecule has 1 nitrogen and oxygen atoms in total. The average Bonchev–Trinajstić information content (AvgIpc) is 2.11. The van der Waals surface area contributed by atoms with Gasteiger partial charge in [0, 0.05) is 0 Å². The molecule has 0 aliphatic carbocycles. The minimum absolute atomic E-state index is 0.575. The van der Waals surface area contributed by atoms with Crippen LogP contribution in [0.5, 0.6) is 0 Å². The van der Waals surface area contributed by atoms with Crippen molar-refractivity contribution in [1.29, 1.82) is 0 Å². The molecule has 0 saturated carbocycles. The lowest BCUT2D eigenvalue weighted by molar-refractivity contribution is -0.108. The van der Waals surface area contributed by atoms with Gasteiger partial charge in [-0.2, -0.15) is 0 Å². The summed E-state index contributed by atoms with van der Waals surface area (Å²) in [5.41, 5.74) is 0. The Bertz CT molecular complexity index is 135. The van der Waals surface area contributed by atoms with Gasteiger partial charge in [0.05, 0.1) is 0 Å². The van der Waals surface area contributed by atoms with Gasteiger partial charge in [-0.05, 0) is 6.42 Å². The van der Waals surface area contributed by atoms with Gasteiger partial charge in [0.15, 0.2) is 10.6 Å². The molecule has 0 rings (SSSR count). The van der Waals surface area contributed by atoms with Crippen LogP contribution < -0.4 is 0 Å². The van der Waals surface area contributed by atoms with E-state index >= 15 is 0 Å². The van der Waals surface area contributed by atoms with Crippen molar-refractivity contribution >= 4 is 29.5 Å². The van der Waals surface area contributed by atoms with Gasteiger partial charge in [-0.25, -0.2) is 0 Å². The number of hydrogen-bond donors (Lipinski definition) is 0. The first-order chi connectivity index (χ1) is 6.12. The second-order valence-electron chi connectivity index (χ2n) is 3.40. The zero-order valence-electron chi connectivity index (χ0n) is 8.19. The molecule has 0 fully saturated rings. The van der Waals surface area contributed by atoms with Crippen LogP contribution in [0.15, 0.2) is 0 Å². The van der Waals surface area contributed by atoms with Crippen LogP contribution in [0.2, 0.25) is 0 Å². The fourth-order valence-corrected chi connectivity index (χ4v) is 1.47. The van der Waals surface area contributed by atoms with E-state index in [1.54, 1.807) is 0 Å². The Morgan fingerprint density at radius 3 is 2.15 bits per heavy atom. The highest BCUT2D eigenvalue weighted by Gasteiger charge is 2.21. The summed E-state index contributed by atoms with van der Waals surface area (Å²) in [5.74, 6) is 0. The van der Waals surface area contributed by atoms with Crippen molar-refractivity contribution in [2.45, 2.75) is 56.2 Å². The summed E-state index contributed by atoms with van der Waals surface area (Å²) >= 11 is 11.3. The summed E-state index contributed by atoms with van der Waals surface area (Å²) in [5, 5.41) is 0. The highest BCUT2D eigenvalue weighted by atomic mass is 35.5. The fourth-order valence-electron chi connectivity index (χ4n) is 1.20. The maximum Gasteiger partial charge on any atom is 0.172 e. The fraction of sp³-hybridized carbons (Fsp3) is 0.900. The predicted molar refractivity (Wildman–Crippen MR) is 58.5 cm³/mol. The molecule has 0 aromatic heterocycles. The van der Waals surface area contributed by atoms with Crippen LogP contribution in [-0.4, -0.2) is 10.6 Å². The molecular weight excluding hydrogens is 207 g/mol. The monoisotopic (exact) mass is 224 g/mol. The zero-order valence-corrected chi connectivity index (χ0v) is 9.70. The molecule has 0 aliphatic rings. The Kier molecular flexibility index (Phi) is 7.78. The van der Waals surface area contributed by atoms with Crippen molar-refractivity contribution < 1.29 is 4.79 Å². The molecule has 0 aromatic carbocycles. The smallest absolute Gasteiger partial charge is 0.172 e. The molecule has 0 saturated heterocycles. The molecule has 0 atom stereocenters. The van der Waals surface area contributed by atoms with Crippen LogP contribution in [0.25, 0.3) is 0 Å². The molecule has 0 N–H and O–H groups in total. The van der Waals surface area contributed by atoms with Crippen molar-refractivity contribution in [3.63, 3.8) is 0 Å². The zero-order chi connectivity index (χ0) is 10.2. The molecule has 78 valence electrons. The maximum absolute atomic E-state index is 10.3. The van der Waals surface area contributed by atoms with E-state index in [4.69, 9.17) is 23.2 Å². The number of rotatable bonds is 8. The lowest BCUT2D eigenvalue weighted by Gasteiger charge is -2.10. The normalized spacial score (nSPS) is 11.6. The molecular formula is C10H18Cl2O. The first kappa shape index (κ1) is 13.2. The minimum atomic E-state index is -1.15. The van der Waals surface area contributed by atoms with Gasteiger partial charge in [0.1, 0.15) is 0 Å². The molecule has 0 bridgehead atoms. The Morgan fingerprint density at radius 1 is 1.08 bits per heavy atom. The van der Waals surface area contributed by atoms with Gasteiger partial charge in [0.25, 0.3) is 0 Å². The molecule has 0 unspecified atom stereocenters. The Balaban J connectivity index is 3.20. The number of aldehydes is 1. The Labute approximate surface area is 90.8 Å². The largest absolute Gasteiger partial charge is 0.300 e. The first-order valence-corrected chi connectivity index (χ1v) is 5.72. The molecule has 3 heteroatoms. The molecule has 0 aliphatic heterocycles. The lowest BCUT2D eigenvalue weighted by Crippen LogP contribution is -2.13. The van der Waals surface area contributed by atoms with Crippen molar-refractivity contribution in [1.82, 2.24) is 0 Å². The van der Waals surface area contributed by atoms with E-state index in [2.05, 4.69) is 6.92 Å². The Hall–Kier alpha value is 0.250. The third-order valence-corrected chi connectivity index (χ3v) is 2.59. The second-order valence-corrected chi connectivity index (χ2v) is 4.94. The van der Waals surface area contributed by atoms with Crippen LogP contribution >= 0.6 is 23.2 Å². The molecule has 0 spiro atoms. The SMILES string of the molecule is CCCCCCCCC(Cl)(Cl)C=O. The standard InChI is InChI=1S/C10H18Cl2O/c1-2-3-4-5-6-7-8-10(11,12)9-13/h9H,2-8H2,1H3. The molecule has 0 heterocycles. The van der Waals surface area contributed by atoms with E-state index in [0.717, 1.165) is 12.8 Å². The highest BCUT2D eigenvalue weighted by Crippen LogP contribution is 2.25. The lowest BCUT2D eigenvalue weighted by atomic mass is 10.1. The van der Waals surface area contributed by atoms with E-state index in [-0.39, 0.29) is 0 Å². The minimum Gasteiger partial charge on any atom is -0.300 e. The summed E-state index contributed by atoms with van der Waals surface area (Å²) < 4.78 is -1.15. The van der Waals surface area contributed by atoms with Crippen molar-refractivity contribution in [3.05, 3.63) is 0 Å². The highest BCUT2D eigenvalue weighted by molar-refractivity contribution is 6.55. The van der Waals surface area contributed by atoms with E-state index in [0.29, 0.717) is 12.7 Å². The number of alkyl halides is 2. The van der Waals surface area contributed by atoms with Crippen LogP contribution in [0.3, 0.4) is 0 Å². The quantitative estimate of drug-likeness (QED) is 0.345. The second kappa shape index (κ2) is 7.64. The van der Waals surface area contributed by atoms with E-state index in [1.165, 1.54) is 25.7 Å². The number of unbranched alkanes of at least 4 members (excludes halogenated alkanes) is 5. The third kappa shape index (κ3) is 8.58. The van der Waals surface area contributed by atoms with Crippen LogP contribution in [0.1, 0.15) is 51.9 Å². The number of hydrogen-bond acceptors (Lipinski definition) is 1. The van der Waals surface area contributed by atoms with Crippen molar-refractivity contribution in [3.8, 4) is 0 Å². The molecule has 0 radical (unpaired) electrons. The van der Waals surface area contributed by atoms with E-state index in [1.807, 2.05) is 0 Å². The van der Waals surface area contributed by atoms with Crippen LogP contribution in [0, 0.1) is 0 Å². The van der Waals surface area contributed by atoms with Gasteiger partial charge in [-0.3, -0.25) is 0 Å². The topological polar surface area (TPSA) is 17.1 Å². The van der Waals surface area contributed by atoms with Gasteiger partial charge >= 0.3 is 0 Å². The van der Waals surface area contributed by atoms with Gasteiger partial charge in [0.2, 0.25) is 0 Å². The number of carbonyl (C=O) groups is 1.